The summed E-state index contributed by atoms with van der Waals surface area (Å²) in [4.78, 5) is 13.9. The first-order valence-electron chi connectivity index (χ1n) is 7.34. The van der Waals surface area contributed by atoms with Gasteiger partial charge in [0.25, 0.3) is 5.91 Å². The largest absolute Gasteiger partial charge is 0.337 e. The minimum absolute atomic E-state index is 0.0520. The van der Waals surface area contributed by atoms with Crippen molar-refractivity contribution in [2.24, 2.45) is 0 Å². The molecule has 0 unspecified atom stereocenters. The highest BCUT2D eigenvalue weighted by molar-refractivity contribution is 9.10. The van der Waals surface area contributed by atoms with Gasteiger partial charge < -0.3 is 4.90 Å². The summed E-state index contributed by atoms with van der Waals surface area (Å²) in [6.45, 7) is 0.348. The number of carbonyl (C=O) groups excluding carboxylic acids is 1. The van der Waals surface area contributed by atoms with Gasteiger partial charge in [-0.3, -0.25) is 4.79 Å². The van der Waals surface area contributed by atoms with E-state index in [1.165, 1.54) is 17.0 Å². The number of hydrogen-bond donors (Lipinski definition) is 0. The summed E-state index contributed by atoms with van der Waals surface area (Å²) in [5.74, 6) is -0.909. The van der Waals surface area contributed by atoms with Crippen LogP contribution >= 0.6 is 15.9 Å². The minimum atomic E-state index is -0.541. The molecule has 0 atom stereocenters. The van der Waals surface area contributed by atoms with Gasteiger partial charge in [-0.15, -0.1) is 0 Å². The molecule has 1 heterocycles. The lowest BCUT2D eigenvalue weighted by Crippen LogP contribution is -2.26. The third-order valence-corrected chi connectivity index (χ3v) is 4.08. The summed E-state index contributed by atoms with van der Waals surface area (Å²) in [5, 5.41) is 4.30. The van der Waals surface area contributed by atoms with Crippen molar-refractivity contribution < 1.29 is 9.18 Å². The molecule has 0 fully saturated rings. The Morgan fingerprint density at radius 1 is 1.25 bits per heavy atom. The number of benzene rings is 2. The van der Waals surface area contributed by atoms with Crippen molar-refractivity contribution in [1.82, 2.24) is 14.7 Å². The molecule has 0 N–H and O–H groups in total. The van der Waals surface area contributed by atoms with Gasteiger partial charge in [-0.1, -0.05) is 34.1 Å². The van der Waals surface area contributed by atoms with E-state index in [9.17, 15) is 9.18 Å². The van der Waals surface area contributed by atoms with Gasteiger partial charge in [0, 0.05) is 29.8 Å². The number of nitrogens with zero attached hydrogens (tertiary/aromatic N) is 3. The zero-order chi connectivity index (χ0) is 17.1. The van der Waals surface area contributed by atoms with Crippen LogP contribution in [-0.4, -0.2) is 27.6 Å². The second-order valence-electron chi connectivity index (χ2n) is 5.41. The second-order valence-corrected chi connectivity index (χ2v) is 6.33. The van der Waals surface area contributed by atoms with Gasteiger partial charge in [0.05, 0.1) is 17.4 Å². The Kier molecular flexibility index (Phi) is 4.76. The van der Waals surface area contributed by atoms with Gasteiger partial charge in [-0.05, 0) is 30.3 Å². The Morgan fingerprint density at radius 3 is 2.71 bits per heavy atom. The first kappa shape index (κ1) is 16.4. The third kappa shape index (κ3) is 3.54. The SMILES string of the molecule is CN(Cc1cnn(-c2ccccc2)c1)C(=O)c1ccc(Br)cc1F. The molecule has 122 valence electrons. The van der Waals surface area contributed by atoms with Crippen molar-refractivity contribution in [3.8, 4) is 5.69 Å². The van der Waals surface area contributed by atoms with E-state index in [2.05, 4.69) is 21.0 Å². The molecule has 6 heteroatoms. The van der Waals surface area contributed by atoms with Crippen LogP contribution in [0.1, 0.15) is 15.9 Å². The van der Waals surface area contributed by atoms with E-state index >= 15 is 0 Å². The zero-order valence-electron chi connectivity index (χ0n) is 13.0. The van der Waals surface area contributed by atoms with Crippen LogP contribution in [0.25, 0.3) is 5.69 Å². The van der Waals surface area contributed by atoms with E-state index in [1.54, 1.807) is 24.0 Å². The lowest BCUT2D eigenvalue weighted by molar-refractivity contribution is 0.0780. The molecule has 0 saturated heterocycles. The van der Waals surface area contributed by atoms with E-state index in [0.29, 0.717) is 11.0 Å². The molecule has 1 aromatic heterocycles. The number of amides is 1. The topological polar surface area (TPSA) is 38.1 Å². The number of para-hydroxylation sites is 1. The van der Waals surface area contributed by atoms with Crippen LogP contribution < -0.4 is 0 Å². The van der Waals surface area contributed by atoms with E-state index in [4.69, 9.17) is 0 Å². The maximum Gasteiger partial charge on any atom is 0.256 e. The molecule has 3 aromatic rings. The summed E-state index contributed by atoms with van der Waals surface area (Å²) in [5.41, 5.74) is 1.86. The lowest BCUT2D eigenvalue weighted by Gasteiger charge is -2.16. The summed E-state index contributed by atoms with van der Waals surface area (Å²) >= 11 is 3.19. The monoisotopic (exact) mass is 387 g/mol. The van der Waals surface area contributed by atoms with Crippen LogP contribution in [0.4, 0.5) is 4.39 Å². The highest BCUT2D eigenvalue weighted by Gasteiger charge is 2.17. The molecule has 24 heavy (non-hydrogen) atoms. The van der Waals surface area contributed by atoms with Crippen LogP contribution in [0.3, 0.4) is 0 Å². The van der Waals surface area contributed by atoms with Gasteiger partial charge >= 0.3 is 0 Å². The Hall–Kier alpha value is -2.47. The van der Waals surface area contributed by atoms with E-state index in [0.717, 1.165) is 11.3 Å². The maximum atomic E-state index is 13.9. The molecule has 1 amide bonds. The molecule has 0 aliphatic carbocycles. The first-order valence-corrected chi connectivity index (χ1v) is 8.13. The Balaban J connectivity index is 1.74. The van der Waals surface area contributed by atoms with Crippen LogP contribution in [0.15, 0.2) is 65.4 Å². The molecule has 0 saturated carbocycles. The van der Waals surface area contributed by atoms with Gasteiger partial charge in [0.1, 0.15) is 5.82 Å². The smallest absolute Gasteiger partial charge is 0.256 e. The predicted octanol–water partition coefficient (Wildman–Crippen LogP) is 4.05. The van der Waals surface area contributed by atoms with Crippen molar-refractivity contribution in [2.75, 3.05) is 7.05 Å². The summed E-state index contributed by atoms with van der Waals surface area (Å²) in [7, 11) is 1.64. The second kappa shape index (κ2) is 6.97. The van der Waals surface area contributed by atoms with E-state index < -0.39 is 5.82 Å². The summed E-state index contributed by atoms with van der Waals surface area (Å²) in [6.07, 6.45) is 3.56. The third-order valence-electron chi connectivity index (χ3n) is 3.58. The Bertz CT molecular complexity index is 864. The highest BCUT2D eigenvalue weighted by Crippen LogP contribution is 2.17. The van der Waals surface area contributed by atoms with Gasteiger partial charge in [0.15, 0.2) is 0 Å². The molecule has 4 nitrogen and oxygen atoms in total. The predicted molar refractivity (Wildman–Crippen MR) is 93.5 cm³/mol. The maximum absolute atomic E-state index is 13.9. The van der Waals surface area contributed by atoms with Crippen molar-refractivity contribution >= 4 is 21.8 Å². The Morgan fingerprint density at radius 2 is 2.00 bits per heavy atom. The first-order chi connectivity index (χ1) is 11.5. The van der Waals surface area contributed by atoms with Crippen molar-refractivity contribution in [1.29, 1.82) is 0 Å². The van der Waals surface area contributed by atoms with Crippen molar-refractivity contribution in [3.05, 3.63) is 82.3 Å². The molecule has 0 spiro atoms. The average molecular weight is 388 g/mol. The quantitative estimate of drug-likeness (QED) is 0.677. The molecule has 0 radical (unpaired) electrons. The fourth-order valence-corrected chi connectivity index (χ4v) is 2.71. The van der Waals surface area contributed by atoms with Gasteiger partial charge in [-0.2, -0.15) is 5.10 Å². The van der Waals surface area contributed by atoms with Crippen LogP contribution in [0.5, 0.6) is 0 Å². The molecular formula is C18H15BrFN3O. The highest BCUT2D eigenvalue weighted by atomic mass is 79.9. The van der Waals surface area contributed by atoms with Crippen LogP contribution in [-0.2, 0) is 6.54 Å². The fraction of sp³-hybridized carbons (Fsp3) is 0.111. The van der Waals surface area contributed by atoms with Gasteiger partial charge in [0.2, 0.25) is 0 Å². The van der Waals surface area contributed by atoms with E-state index in [1.807, 2.05) is 36.5 Å². The average Bonchev–Trinajstić information content (AvgIpc) is 3.03. The molecular weight excluding hydrogens is 373 g/mol. The number of rotatable bonds is 4. The molecule has 0 aliphatic rings. The minimum Gasteiger partial charge on any atom is -0.337 e. The summed E-state index contributed by atoms with van der Waals surface area (Å²) in [6, 6.07) is 14.1. The van der Waals surface area contributed by atoms with Crippen LogP contribution in [0.2, 0.25) is 0 Å². The summed E-state index contributed by atoms with van der Waals surface area (Å²) < 4.78 is 16.3. The van der Waals surface area contributed by atoms with Gasteiger partial charge in [-0.25, -0.2) is 9.07 Å². The van der Waals surface area contributed by atoms with Crippen LogP contribution in [0, 0.1) is 5.82 Å². The number of halogens is 2. The number of carbonyl (C=O) groups is 1. The van der Waals surface area contributed by atoms with Crippen molar-refractivity contribution in [3.63, 3.8) is 0 Å². The fourth-order valence-electron chi connectivity index (χ4n) is 2.38. The molecule has 2 aromatic carbocycles. The molecule has 0 bridgehead atoms. The Labute approximate surface area is 147 Å². The zero-order valence-corrected chi connectivity index (χ0v) is 14.6. The number of aromatic nitrogens is 2. The molecule has 3 rings (SSSR count). The molecule has 0 aliphatic heterocycles. The normalized spacial score (nSPS) is 10.6. The lowest BCUT2D eigenvalue weighted by atomic mass is 10.2. The standard InChI is InChI=1S/C18H15BrFN3O/c1-22(18(24)16-8-7-14(19)9-17(16)20)11-13-10-21-23(12-13)15-5-3-2-4-6-15/h2-10,12H,11H2,1H3. The van der Waals surface area contributed by atoms with E-state index in [-0.39, 0.29) is 11.5 Å². The van der Waals surface area contributed by atoms with Crippen molar-refractivity contribution in [2.45, 2.75) is 6.54 Å². The number of hydrogen-bond acceptors (Lipinski definition) is 2.